The summed E-state index contributed by atoms with van der Waals surface area (Å²) in [6.07, 6.45) is 24.3. The van der Waals surface area contributed by atoms with E-state index in [2.05, 4.69) is 50.3 Å². The second-order valence-electron chi connectivity index (χ2n) is 5.57. The molecular formula is C19H34O. The second-order valence-corrected chi connectivity index (χ2v) is 5.57. The predicted octanol–water partition coefficient (Wildman–Crippen LogP) is 5.81. The van der Waals surface area contributed by atoms with Gasteiger partial charge in [-0.15, -0.1) is 0 Å². The molecule has 1 unspecified atom stereocenters. The molecule has 0 rings (SSSR count). The van der Waals surface area contributed by atoms with Gasteiger partial charge >= 0.3 is 0 Å². The normalized spacial score (nSPS) is 13.9. The smallest absolute Gasteiger partial charge is 0.0456 e. The molecule has 0 spiro atoms. The van der Waals surface area contributed by atoms with E-state index in [-0.39, 0.29) is 0 Å². The fraction of sp³-hybridized carbons (Fsp3) is 0.684. The summed E-state index contributed by atoms with van der Waals surface area (Å²) < 4.78 is 0. The summed E-state index contributed by atoms with van der Waals surface area (Å²) in [6.45, 7) is 4.62. The van der Waals surface area contributed by atoms with Crippen molar-refractivity contribution in [2.75, 3.05) is 6.61 Å². The molecule has 0 heterocycles. The Labute approximate surface area is 126 Å². The molecule has 1 nitrogen and oxygen atoms in total. The molecule has 1 atom stereocenters. The van der Waals surface area contributed by atoms with E-state index in [4.69, 9.17) is 5.11 Å². The third-order valence-electron chi connectivity index (χ3n) is 3.41. The van der Waals surface area contributed by atoms with Gasteiger partial charge in [0.2, 0.25) is 0 Å². The van der Waals surface area contributed by atoms with Crippen LogP contribution in [0.25, 0.3) is 0 Å². The molecule has 0 aliphatic heterocycles. The lowest BCUT2D eigenvalue weighted by Gasteiger charge is -2.06. The van der Waals surface area contributed by atoms with Gasteiger partial charge in [-0.2, -0.15) is 0 Å². The van der Waals surface area contributed by atoms with Crippen LogP contribution in [-0.4, -0.2) is 11.7 Å². The number of aliphatic hydroxyl groups excluding tert-OH is 1. The lowest BCUT2D eigenvalue weighted by atomic mass is 10.0. The standard InChI is InChI=1S/C19H34O/c1-3-4-5-6-7-8-9-10-11-12-13-14-15-16-17-19(2)18-20/h4-5,7-8,10-11,19-20H,3,6,9,12-18H2,1-2H3. The predicted molar refractivity (Wildman–Crippen MR) is 90.9 cm³/mol. The topological polar surface area (TPSA) is 20.2 Å². The molecule has 1 N–H and O–H groups in total. The van der Waals surface area contributed by atoms with Crippen LogP contribution in [0.4, 0.5) is 0 Å². The van der Waals surface area contributed by atoms with Gasteiger partial charge in [0.25, 0.3) is 0 Å². The highest BCUT2D eigenvalue weighted by molar-refractivity contribution is 4.96. The van der Waals surface area contributed by atoms with Gasteiger partial charge in [0.15, 0.2) is 0 Å². The molecule has 0 aliphatic rings. The summed E-state index contributed by atoms with van der Waals surface area (Å²) in [6, 6.07) is 0. The van der Waals surface area contributed by atoms with Gasteiger partial charge in [0.05, 0.1) is 0 Å². The fourth-order valence-electron chi connectivity index (χ4n) is 2.03. The molecule has 0 radical (unpaired) electrons. The van der Waals surface area contributed by atoms with Gasteiger partial charge in [-0.3, -0.25) is 0 Å². The van der Waals surface area contributed by atoms with Crippen LogP contribution in [0.15, 0.2) is 36.5 Å². The average molecular weight is 278 g/mol. The molecule has 0 saturated carbocycles. The van der Waals surface area contributed by atoms with Crippen molar-refractivity contribution >= 4 is 0 Å². The van der Waals surface area contributed by atoms with Crippen molar-refractivity contribution < 1.29 is 5.11 Å². The third-order valence-corrected chi connectivity index (χ3v) is 3.41. The molecule has 0 amide bonds. The van der Waals surface area contributed by atoms with E-state index in [9.17, 15) is 0 Å². The maximum Gasteiger partial charge on any atom is 0.0456 e. The first-order valence-corrected chi connectivity index (χ1v) is 8.37. The van der Waals surface area contributed by atoms with Crippen molar-refractivity contribution in [3.63, 3.8) is 0 Å². The van der Waals surface area contributed by atoms with E-state index < -0.39 is 0 Å². The van der Waals surface area contributed by atoms with E-state index in [0.717, 1.165) is 19.3 Å². The molecule has 0 aromatic carbocycles. The monoisotopic (exact) mass is 278 g/mol. The minimum atomic E-state index is 0.338. The molecule has 0 bridgehead atoms. The molecule has 0 aliphatic carbocycles. The quantitative estimate of drug-likeness (QED) is 0.333. The van der Waals surface area contributed by atoms with E-state index in [1.807, 2.05) is 0 Å². The number of hydrogen-bond acceptors (Lipinski definition) is 1. The van der Waals surface area contributed by atoms with Crippen molar-refractivity contribution in [3.05, 3.63) is 36.5 Å². The Hall–Kier alpha value is -0.820. The highest BCUT2D eigenvalue weighted by Crippen LogP contribution is 2.11. The van der Waals surface area contributed by atoms with Crippen molar-refractivity contribution in [1.82, 2.24) is 0 Å². The molecule has 0 saturated heterocycles. The number of hydrogen-bond donors (Lipinski definition) is 1. The SMILES string of the molecule is CCC=CCC=CCC=CCCCCCCC(C)CO. The Bertz CT molecular complexity index is 263. The van der Waals surface area contributed by atoms with Gasteiger partial charge in [-0.1, -0.05) is 69.6 Å². The van der Waals surface area contributed by atoms with E-state index in [1.54, 1.807) is 0 Å². The van der Waals surface area contributed by atoms with Gasteiger partial charge in [-0.25, -0.2) is 0 Å². The summed E-state index contributed by atoms with van der Waals surface area (Å²) in [7, 11) is 0. The minimum absolute atomic E-state index is 0.338. The average Bonchev–Trinajstić information content (AvgIpc) is 2.47. The van der Waals surface area contributed by atoms with Gasteiger partial charge in [-0.05, 0) is 44.4 Å². The van der Waals surface area contributed by atoms with Crippen molar-refractivity contribution in [2.45, 2.75) is 71.6 Å². The summed E-state index contributed by atoms with van der Waals surface area (Å²) >= 11 is 0. The fourth-order valence-corrected chi connectivity index (χ4v) is 2.03. The first kappa shape index (κ1) is 19.2. The number of rotatable bonds is 13. The first-order valence-electron chi connectivity index (χ1n) is 8.37. The highest BCUT2D eigenvalue weighted by Gasteiger charge is 1.98. The molecule has 1 heteroatoms. The Morgan fingerprint density at radius 3 is 2.05 bits per heavy atom. The Morgan fingerprint density at radius 1 is 0.800 bits per heavy atom. The van der Waals surface area contributed by atoms with E-state index in [0.29, 0.717) is 12.5 Å². The van der Waals surface area contributed by atoms with Gasteiger partial charge in [0, 0.05) is 6.61 Å². The van der Waals surface area contributed by atoms with Gasteiger partial charge < -0.3 is 5.11 Å². The summed E-state index contributed by atoms with van der Waals surface area (Å²) in [5, 5.41) is 8.92. The largest absolute Gasteiger partial charge is 0.396 e. The van der Waals surface area contributed by atoms with Crippen LogP contribution >= 0.6 is 0 Å². The van der Waals surface area contributed by atoms with Gasteiger partial charge in [0.1, 0.15) is 0 Å². The van der Waals surface area contributed by atoms with Crippen LogP contribution in [-0.2, 0) is 0 Å². The van der Waals surface area contributed by atoms with Crippen LogP contribution in [0.1, 0.15) is 71.6 Å². The van der Waals surface area contributed by atoms with Crippen LogP contribution in [0.3, 0.4) is 0 Å². The Kier molecular flexibility index (Phi) is 15.6. The summed E-state index contributed by atoms with van der Waals surface area (Å²) in [5.41, 5.74) is 0. The van der Waals surface area contributed by atoms with E-state index in [1.165, 1.54) is 38.5 Å². The summed E-state index contributed by atoms with van der Waals surface area (Å²) in [5.74, 6) is 0.480. The number of aliphatic hydroxyl groups is 1. The lowest BCUT2D eigenvalue weighted by molar-refractivity contribution is 0.227. The number of unbranched alkanes of at least 4 members (excludes halogenated alkanes) is 4. The highest BCUT2D eigenvalue weighted by atomic mass is 16.3. The number of allylic oxidation sites excluding steroid dienone is 6. The molecular weight excluding hydrogens is 244 g/mol. The van der Waals surface area contributed by atoms with E-state index >= 15 is 0 Å². The zero-order valence-corrected chi connectivity index (χ0v) is 13.6. The van der Waals surface area contributed by atoms with Crippen LogP contribution < -0.4 is 0 Å². The van der Waals surface area contributed by atoms with Crippen LogP contribution in [0, 0.1) is 5.92 Å². The third kappa shape index (κ3) is 15.2. The zero-order valence-electron chi connectivity index (χ0n) is 13.6. The Balaban J connectivity index is 3.25. The van der Waals surface area contributed by atoms with Crippen LogP contribution in [0.5, 0.6) is 0 Å². The first-order chi connectivity index (χ1) is 9.81. The second kappa shape index (κ2) is 16.2. The maximum atomic E-state index is 8.92. The molecule has 20 heavy (non-hydrogen) atoms. The minimum Gasteiger partial charge on any atom is -0.396 e. The van der Waals surface area contributed by atoms with Crippen molar-refractivity contribution in [3.8, 4) is 0 Å². The maximum absolute atomic E-state index is 8.92. The van der Waals surface area contributed by atoms with Crippen LogP contribution in [0.2, 0.25) is 0 Å². The lowest BCUT2D eigenvalue weighted by Crippen LogP contribution is -1.99. The molecule has 116 valence electrons. The summed E-state index contributed by atoms with van der Waals surface area (Å²) in [4.78, 5) is 0. The van der Waals surface area contributed by atoms with Crippen molar-refractivity contribution in [2.24, 2.45) is 5.92 Å². The molecule has 0 aromatic rings. The molecule has 0 aromatic heterocycles. The Morgan fingerprint density at radius 2 is 1.40 bits per heavy atom. The zero-order chi connectivity index (χ0) is 14.9. The van der Waals surface area contributed by atoms with Crippen molar-refractivity contribution in [1.29, 1.82) is 0 Å². The molecule has 0 fully saturated rings.